The minimum atomic E-state index is -0.348. The van der Waals surface area contributed by atoms with Gasteiger partial charge >= 0.3 is 5.97 Å². The second-order valence-corrected chi connectivity index (χ2v) is 7.25. The molecular weight excluding hydrogens is 374 g/mol. The number of rotatable bonds is 7. The van der Waals surface area contributed by atoms with Gasteiger partial charge in [-0.2, -0.15) is 0 Å². The van der Waals surface area contributed by atoms with Gasteiger partial charge < -0.3 is 9.47 Å². The van der Waals surface area contributed by atoms with Crippen LogP contribution < -0.4 is 10.1 Å². The van der Waals surface area contributed by atoms with Gasteiger partial charge in [-0.15, -0.1) is 10.2 Å². The maximum atomic E-state index is 12.1. The number of carbonyl (C=O) groups is 2. The molecule has 0 atom stereocenters. The molecule has 1 heterocycles. The highest BCUT2D eigenvalue weighted by Gasteiger charge is 2.11. The Morgan fingerprint density at radius 3 is 2.81 bits per heavy atom. The summed E-state index contributed by atoms with van der Waals surface area (Å²) in [6.45, 7) is -0.141. The first-order valence-electron chi connectivity index (χ1n) is 7.59. The van der Waals surface area contributed by atoms with Crippen LogP contribution in [0.25, 0.3) is 10.8 Å². The normalized spacial score (nSPS) is 10.5. The molecular formula is C17H15N3O4S2. The van der Waals surface area contributed by atoms with Gasteiger partial charge in [0.1, 0.15) is 5.75 Å². The molecule has 2 aromatic carbocycles. The van der Waals surface area contributed by atoms with Gasteiger partial charge in [-0.1, -0.05) is 59.5 Å². The van der Waals surface area contributed by atoms with Crippen molar-refractivity contribution in [2.75, 3.05) is 24.8 Å². The maximum absolute atomic E-state index is 12.1. The summed E-state index contributed by atoms with van der Waals surface area (Å²) in [6.07, 6.45) is 0. The number of methoxy groups -OCH3 is 1. The summed E-state index contributed by atoms with van der Waals surface area (Å²) in [5.41, 5.74) is 0. The van der Waals surface area contributed by atoms with Gasteiger partial charge in [0.05, 0.1) is 12.9 Å². The van der Waals surface area contributed by atoms with E-state index >= 15 is 0 Å². The molecule has 1 aromatic heterocycles. The lowest BCUT2D eigenvalue weighted by molar-refractivity contribution is -0.137. The molecule has 0 aliphatic rings. The smallest absolute Gasteiger partial charge is 0.316 e. The summed E-state index contributed by atoms with van der Waals surface area (Å²) in [5, 5.41) is 12.7. The van der Waals surface area contributed by atoms with E-state index in [0.717, 1.165) is 10.8 Å². The number of anilines is 1. The predicted molar refractivity (Wildman–Crippen MR) is 101 cm³/mol. The van der Waals surface area contributed by atoms with E-state index in [9.17, 15) is 9.59 Å². The number of carbonyl (C=O) groups excluding carboxylic acids is 2. The largest absolute Gasteiger partial charge is 0.483 e. The van der Waals surface area contributed by atoms with Crippen molar-refractivity contribution in [3.8, 4) is 5.75 Å². The van der Waals surface area contributed by atoms with Gasteiger partial charge in [-0.25, -0.2) is 0 Å². The monoisotopic (exact) mass is 389 g/mol. The summed E-state index contributed by atoms with van der Waals surface area (Å²) >= 11 is 2.38. The van der Waals surface area contributed by atoms with E-state index in [1.165, 1.54) is 30.2 Å². The molecule has 26 heavy (non-hydrogen) atoms. The van der Waals surface area contributed by atoms with E-state index in [1.807, 2.05) is 42.5 Å². The van der Waals surface area contributed by atoms with Gasteiger partial charge in [0.15, 0.2) is 10.9 Å². The number of benzene rings is 2. The number of ether oxygens (including phenoxy) is 2. The van der Waals surface area contributed by atoms with Crippen molar-refractivity contribution < 1.29 is 19.1 Å². The molecule has 0 aliphatic carbocycles. The molecule has 0 spiro atoms. The zero-order valence-corrected chi connectivity index (χ0v) is 15.4. The number of esters is 1. The first-order chi connectivity index (χ1) is 12.7. The third-order valence-electron chi connectivity index (χ3n) is 3.30. The van der Waals surface area contributed by atoms with Crippen molar-refractivity contribution in [3.05, 3.63) is 42.5 Å². The zero-order valence-electron chi connectivity index (χ0n) is 13.8. The second kappa shape index (κ2) is 8.63. The van der Waals surface area contributed by atoms with Crippen molar-refractivity contribution in [1.82, 2.24) is 10.2 Å². The lowest BCUT2D eigenvalue weighted by atomic mass is 10.1. The Balaban J connectivity index is 1.54. The van der Waals surface area contributed by atoms with Crippen LogP contribution in [0.4, 0.5) is 5.13 Å². The fourth-order valence-electron chi connectivity index (χ4n) is 2.12. The van der Waals surface area contributed by atoms with Crippen LogP contribution in [0.3, 0.4) is 0 Å². The minimum Gasteiger partial charge on any atom is -0.483 e. The maximum Gasteiger partial charge on any atom is 0.316 e. The average Bonchev–Trinajstić information content (AvgIpc) is 3.11. The summed E-state index contributed by atoms with van der Waals surface area (Å²) in [5.74, 6) is 0.103. The van der Waals surface area contributed by atoms with E-state index in [0.29, 0.717) is 15.2 Å². The molecule has 0 unspecified atom stereocenters. The van der Waals surface area contributed by atoms with E-state index in [1.54, 1.807) is 0 Å². The third kappa shape index (κ3) is 4.70. The van der Waals surface area contributed by atoms with Crippen LogP contribution in [0.5, 0.6) is 5.75 Å². The number of amides is 1. The Labute approximate surface area is 157 Å². The molecule has 0 saturated carbocycles. The van der Waals surface area contributed by atoms with Crippen molar-refractivity contribution >= 4 is 50.9 Å². The third-order valence-corrected chi connectivity index (χ3v) is 5.25. The van der Waals surface area contributed by atoms with Crippen molar-refractivity contribution in [2.45, 2.75) is 4.34 Å². The van der Waals surface area contributed by atoms with Gasteiger partial charge in [0, 0.05) is 5.39 Å². The number of aromatic nitrogens is 2. The van der Waals surface area contributed by atoms with Crippen LogP contribution in [-0.4, -0.2) is 41.5 Å². The average molecular weight is 389 g/mol. The van der Waals surface area contributed by atoms with Gasteiger partial charge in [0.25, 0.3) is 5.91 Å². The lowest BCUT2D eigenvalue weighted by Crippen LogP contribution is -2.20. The summed E-state index contributed by atoms with van der Waals surface area (Å²) in [7, 11) is 1.32. The molecule has 1 N–H and O–H groups in total. The van der Waals surface area contributed by atoms with Gasteiger partial charge in [-0.05, 0) is 11.5 Å². The topological polar surface area (TPSA) is 90.4 Å². The van der Waals surface area contributed by atoms with E-state index in [4.69, 9.17) is 4.74 Å². The van der Waals surface area contributed by atoms with Crippen LogP contribution in [-0.2, 0) is 14.3 Å². The Hall–Kier alpha value is -2.65. The SMILES string of the molecule is COC(=O)CSc1nnc(NC(=O)COc2cccc3ccccc23)s1. The summed E-state index contributed by atoms with van der Waals surface area (Å²) < 4.78 is 10.8. The lowest BCUT2D eigenvalue weighted by Gasteiger charge is -2.08. The Kier molecular flexibility index (Phi) is 6.03. The first kappa shape index (κ1) is 18.2. The Morgan fingerprint density at radius 1 is 1.15 bits per heavy atom. The van der Waals surface area contributed by atoms with Crippen LogP contribution in [0.15, 0.2) is 46.8 Å². The molecule has 0 radical (unpaired) electrons. The summed E-state index contributed by atoms with van der Waals surface area (Å²) in [4.78, 5) is 23.2. The number of nitrogens with one attached hydrogen (secondary N) is 1. The molecule has 9 heteroatoms. The molecule has 3 aromatic rings. The molecule has 1 amide bonds. The quantitative estimate of drug-likeness (QED) is 0.377. The molecule has 0 fully saturated rings. The van der Waals surface area contributed by atoms with Crippen LogP contribution in [0.1, 0.15) is 0 Å². The van der Waals surface area contributed by atoms with Gasteiger partial charge in [0.2, 0.25) is 5.13 Å². The predicted octanol–water partition coefficient (Wildman–Crippen LogP) is 2.97. The minimum absolute atomic E-state index is 0.141. The Bertz CT molecular complexity index is 924. The van der Waals surface area contributed by atoms with Crippen LogP contribution in [0.2, 0.25) is 0 Å². The fraction of sp³-hybridized carbons (Fsp3) is 0.176. The highest BCUT2D eigenvalue weighted by Crippen LogP contribution is 2.26. The molecule has 0 aliphatic heterocycles. The zero-order chi connectivity index (χ0) is 18.4. The van der Waals surface area contributed by atoms with Crippen molar-refractivity contribution in [3.63, 3.8) is 0 Å². The van der Waals surface area contributed by atoms with Crippen LogP contribution >= 0.6 is 23.1 Å². The number of hydrogen-bond donors (Lipinski definition) is 1. The highest BCUT2D eigenvalue weighted by atomic mass is 32.2. The number of thioether (sulfide) groups is 1. The van der Waals surface area contributed by atoms with Crippen molar-refractivity contribution in [1.29, 1.82) is 0 Å². The first-order valence-corrected chi connectivity index (χ1v) is 9.39. The highest BCUT2D eigenvalue weighted by molar-refractivity contribution is 8.01. The number of hydrogen-bond acceptors (Lipinski definition) is 8. The van der Waals surface area contributed by atoms with Crippen molar-refractivity contribution in [2.24, 2.45) is 0 Å². The number of fused-ring (bicyclic) bond motifs is 1. The van der Waals surface area contributed by atoms with E-state index in [-0.39, 0.29) is 24.2 Å². The standard InChI is InChI=1S/C17H15N3O4S2/c1-23-15(22)10-25-17-20-19-16(26-17)18-14(21)9-24-13-8-4-6-11-5-2-3-7-12(11)13/h2-8H,9-10H2,1H3,(H,18,19,21). The van der Waals surface area contributed by atoms with Crippen LogP contribution in [0, 0.1) is 0 Å². The molecule has 3 rings (SSSR count). The summed E-state index contributed by atoms with van der Waals surface area (Å²) in [6, 6.07) is 13.5. The molecule has 0 saturated heterocycles. The molecule has 0 bridgehead atoms. The number of nitrogens with zero attached hydrogens (tertiary/aromatic N) is 2. The fourth-order valence-corrected chi connectivity index (χ4v) is 3.72. The van der Waals surface area contributed by atoms with Gasteiger partial charge in [-0.3, -0.25) is 14.9 Å². The Morgan fingerprint density at radius 2 is 1.96 bits per heavy atom. The van der Waals surface area contributed by atoms with E-state index in [2.05, 4.69) is 20.3 Å². The molecule has 134 valence electrons. The second-order valence-electron chi connectivity index (χ2n) is 5.05. The van der Waals surface area contributed by atoms with E-state index < -0.39 is 0 Å². The molecule has 7 nitrogen and oxygen atoms in total.